The molecule has 0 heterocycles. The zero-order chi connectivity index (χ0) is 13.7. The first-order chi connectivity index (χ1) is 8.68. The molecule has 0 bridgehead atoms. The summed E-state index contributed by atoms with van der Waals surface area (Å²) in [4.78, 5) is 0. The predicted octanol–water partition coefficient (Wildman–Crippen LogP) is 5.39. The molecule has 0 rings (SSSR count). The molecule has 0 N–H and O–H groups in total. The molecular weight excluding hydrogens is 218 g/mol. The standard InChI is InChI=1S/C17H38N/c1-5-8-9-10-11-12-13-14-15-16-17-18(4,6-2)7-3/h5-17H2,1-4H3/q+1. The maximum absolute atomic E-state index is 2.40. The summed E-state index contributed by atoms with van der Waals surface area (Å²) in [5.41, 5.74) is 0. The molecule has 0 aromatic heterocycles. The molecule has 0 saturated heterocycles. The van der Waals surface area contributed by atoms with Crippen LogP contribution >= 0.6 is 0 Å². The van der Waals surface area contributed by atoms with Gasteiger partial charge in [0.1, 0.15) is 0 Å². The molecule has 1 nitrogen and oxygen atoms in total. The molecule has 0 unspecified atom stereocenters. The van der Waals surface area contributed by atoms with Crippen molar-refractivity contribution in [3.05, 3.63) is 0 Å². The van der Waals surface area contributed by atoms with Gasteiger partial charge in [0.05, 0.1) is 26.7 Å². The summed E-state index contributed by atoms with van der Waals surface area (Å²) in [6.45, 7) is 10.9. The lowest BCUT2D eigenvalue weighted by atomic mass is 10.1. The smallest absolute Gasteiger partial charge is 0.0784 e. The van der Waals surface area contributed by atoms with Crippen molar-refractivity contribution in [2.75, 3.05) is 26.7 Å². The van der Waals surface area contributed by atoms with Gasteiger partial charge in [0.15, 0.2) is 0 Å². The van der Waals surface area contributed by atoms with Gasteiger partial charge in [-0.05, 0) is 26.7 Å². The monoisotopic (exact) mass is 256 g/mol. The van der Waals surface area contributed by atoms with E-state index in [0.29, 0.717) is 0 Å². The van der Waals surface area contributed by atoms with Gasteiger partial charge in [0, 0.05) is 0 Å². The van der Waals surface area contributed by atoms with Crippen LogP contribution in [0.3, 0.4) is 0 Å². The van der Waals surface area contributed by atoms with Crippen molar-refractivity contribution in [1.82, 2.24) is 0 Å². The molecule has 0 aliphatic heterocycles. The number of unbranched alkanes of at least 4 members (excludes halogenated alkanes) is 9. The maximum Gasteiger partial charge on any atom is 0.0784 e. The average Bonchev–Trinajstić information content (AvgIpc) is 2.40. The maximum atomic E-state index is 2.40. The Labute approximate surface area is 117 Å². The van der Waals surface area contributed by atoms with Crippen LogP contribution in [0.1, 0.15) is 85.0 Å². The largest absolute Gasteiger partial charge is 0.327 e. The fourth-order valence-electron chi connectivity index (χ4n) is 2.52. The second-order valence-electron chi connectivity index (χ2n) is 6.16. The van der Waals surface area contributed by atoms with Gasteiger partial charge in [0.25, 0.3) is 0 Å². The summed E-state index contributed by atoms with van der Waals surface area (Å²) in [7, 11) is 2.40. The third kappa shape index (κ3) is 9.94. The highest BCUT2D eigenvalue weighted by Gasteiger charge is 2.14. The van der Waals surface area contributed by atoms with Gasteiger partial charge in [-0.3, -0.25) is 0 Å². The van der Waals surface area contributed by atoms with E-state index >= 15 is 0 Å². The van der Waals surface area contributed by atoms with Crippen molar-refractivity contribution >= 4 is 0 Å². The Kier molecular flexibility index (Phi) is 12.0. The minimum Gasteiger partial charge on any atom is -0.327 e. The molecule has 0 aliphatic carbocycles. The van der Waals surface area contributed by atoms with Crippen LogP contribution in [0.25, 0.3) is 0 Å². The third-order valence-corrected chi connectivity index (χ3v) is 4.58. The van der Waals surface area contributed by atoms with Crippen LogP contribution in [-0.2, 0) is 0 Å². The van der Waals surface area contributed by atoms with E-state index in [1.165, 1.54) is 88.3 Å². The normalized spacial score (nSPS) is 12.0. The molecule has 0 spiro atoms. The zero-order valence-corrected chi connectivity index (χ0v) is 13.6. The highest BCUT2D eigenvalue weighted by atomic mass is 15.3. The van der Waals surface area contributed by atoms with Gasteiger partial charge in [-0.1, -0.05) is 58.3 Å². The van der Waals surface area contributed by atoms with Crippen LogP contribution in [0.2, 0.25) is 0 Å². The average molecular weight is 256 g/mol. The van der Waals surface area contributed by atoms with E-state index < -0.39 is 0 Å². The minimum absolute atomic E-state index is 1.26. The topological polar surface area (TPSA) is 0 Å². The highest BCUT2D eigenvalue weighted by molar-refractivity contribution is 4.47. The quantitative estimate of drug-likeness (QED) is 0.306. The van der Waals surface area contributed by atoms with Gasteiger partial charge in [-0.2, -0.15) is 0 Å². The Bertz CT molecular complexity index is 161. The van der Waals surface area contributed by atoms with Gasteiger partial charge in [-0.15, -0.1) is 0 Å². The molecule has 1 heteroatoms. The molecule has 0 aromatic rings. The Morgan fingerprint density at radius 1 is 0.556 bits per heavy atom. The molecule has 0 amide bonds. The van der Waals surface area contributed by atoms with Crippen LogP contribution in [0.5, 0.6) is 0 Å². The lowest BCUT2D eigenvalue weighted by molar-refractivity contribution is -0.906. The Morgan fingerprint density at radius 3 is 1.33 bits per heavy atom. The van der Waals surface area contributed by atoms with E-state index in [9.17, 15) is 0 Å². The number of hydrogen-bond donors (Lipinski definition) is 0. The van der Waals surface area contributed by atoms with E-state index in [4.69, 9.17) is 0 Å². The van der Waals surface area contributed by atoms with Crippen LogP contribution in [-0.4, -0.2) is 31.2 Å². The first-order valence-electron chi connectivity index (χ1n) is 8.52. The fraction of sp³-hybridized carbons (Fsp3) is 1.00. The van der Waals surface area contributed by atoms with Crippen molar-refractivity contribution in [1.29, 1.82) is 0 Å². The molecule has 0 atom stereocenters. The molecular formula is C17H38N+. The van der Waals surface area contributed by atoms with E-state index in [1.54, 1.807) is 0 Å². The summed E-state index contributed by atoms with van der Waals surface area (Å²) in [5.74, 6) is 0. The van der Waals surface area contributed by atoms with Gasteiger partial charge in [-0.25, -0.2) is 0 Å². The Balaban J connectivity index is 3.21. The Hall–Kier alpha value is -0.0400. The summed E-state index contributed by atoms with van der Waals surface area (Å²) in [6, 6.07) is 0. The number of nitrogens with zero attached hydrogens (tertiary/aromatic N) is 1. The van der Waals surface area contributed by atoms with Gasteiger partial charge in [0.2, 0.25) is 0 Å². The van der Waals surface area contributed by atoms with Crippen LogP contribution in [0.15, 0.2) is 0 Å². The van der Waals surface area contributed by atoms with Crippen molar-refractivity contribution in [3.63, 3.8) is 0 Å². The zero-order valence-electron chi connectivity index (χ0n) is 13.6. The molecule has 18 heavy (non-hydrogen) atoms. The predicted molar refractivity (Wildman–Crippen MR) is 84.0 cm³/mol. The summed E-state index contributed by atoms with van der Waals surface area (Å²) < 4.78 is 1.26. The van der Waals surface area contributed by atoms with Crippen molar-refractivity contribution < 1.29 is 4.48 Å². The highest BCUT2D eigenvalue weighted by Crippen LogP contribution is 2.12. The molecule has 110 valence electrons. The Morgan fingerprint density at radius 2 is 0.944 bits per heavy atom. The number of hydrogen-bond acceptors (Lipinski definition) is 0. The number of rotatable bonds is 13. The summed E-state index contributed by atoms with van der Waals surface area (Å²) in [5, 5.41) is 0. The van der Waals surface area contributed by atoms with E-state index in [-0.39, 0.29) is 0 Å². The molecule has 0 radical (unpaired) electrons. The SMILES string of the molecule is CCCCCCCCCCCC[N+](C)(CC)CC. The first kappa shape index (κ1) is 18.0. The van der Waals surface area contributed by atoms with Crippen LogP contribution in [0, 0.1) is 0 Å². The number of quaternary nitrogens is 1. The summed E-state index contributed by atoms with van der Waals surface area (Å²) in [6.07, 6.45) is 14.5. The van der Waals surface area contributed by atoms with Crippen molar-refractivity contribution in [2.24, 2.45) is 0 Å². The molecule has 0 aromatic carbocycles. The van der Waals surface area contributed by atoms with Crippen LogP contribution < -0.4 is 0 Å². The minimum atomic E-state index is 1.26. The fourth-order valence-corrected chi connectivity index (χ4v) is 2.52. The van der Waals surface area contributed by atoms with E-state index in [2.05, 4.69) is 27.8 Å². The lowest BCUT2D eigenvalue weighted by Crippen LogP contribution is -2.44. The van der Waals surface area contributed by atoms with Crippen LogP contribution in [0.4, 0.5) is 0 Å². The molecule has 0 fully saturated rings. The molecule has 0 aliphatic rings. The first-order valence-corrected chi connectivity index (χ1v) is 8.52. The second-order valence-corrected chi connectivity index (χ2v) is 6.16. The van der Waals surface area contributed by atoms with E-state index in [1.807, 2.05) is 0 Å². The van der Waals surface area contributed by atoms with E-state index in [0.717, 1.165) is 0 Å². The summed E-state index contributed by atoms with van der Waals surface area (Å²) >= 11 is 0. The molecule has 0 saturated carbocycles. The van der Waals surface area contributed by atoms with Crippen molar-refractivity contribution in [2.45, 2.75) is 85.0 Å². The van der Waals surface area contributed by atoms with Gasteiger partial charge >= 0.3 is 0 Å². The lowest BCUT2D eigenvalue weighted by Gasteiger charge is -2.32. The third-order valence-electron chi connectivity index (χ3n) is 4.58. The van der Waals surface area contributed by atoms with Gasteiger partial charge < -0.3 is 4.48 Å². The van der Waals surface area contributed by atoms with Crippen molar-refractivity contribution in [3.8, 4) is 0 Å². The second kappa shape index (κ2) is 12.0.